The van der Waals surface area contributed by atoms with E-state index in [0.717, 1.165) is 77.9 Å². The van der Waals surface area contributed by atoms with E-state index < -0.39 is 0 Å². The lowest BCUT2D eigenvalue weighted by Crippen LogP contribution is -2.00. The van der Waals surface area contributed by atoms with Gasteiger partial charge in [-0.3, -0.25) is 4.57 Å². The zero-order chi connectivity index (χ0) is 34.9. The molecule has 248 valence electrons. The summed E-state index contributed by atoms with van der Waals surface area (Å²) in [5, 5.41) is 4.69. The van der Waals surface area contributed by atoms with E-state index in [4.69, 9.17) is 9.40 Å². The molecule has 0 spiro atoms. The highest BCUT2D eigenvalue weighted by molar-refractivity contribution is 6.13. The zero-order valence-electron chi connectivity index (χ0n) is 28.6. The minimum Gasteiger partial charge on any atom is -0.455 e. The number of aromatic nitrogens is 3. The summed E-state index contributed by atoms with van der Waals surface area (Å²) in [5.74, 6) is 0.910. The van der Waals surface area contributed by atoms with Crippen LogP contribution in [-0.2, 0) is 0 Å². The van der Waals surface area contributed by atoms with Crippen molar-refractivity contribution in [1.82, 2.24) is 14.1 Å². The Bertz CT molecular complexity index is 3160. The molecule has 0 radical (unpaired) electrons. The summed E-state index contributed by atoms with van der Waals surface area (Å²) in [6.45, 7) is 0. The quantitative estimate of drug-likeness (QED) is 0.182. The summed E-state index contributed by atoms with van der Waals surface area (Å²) in [4.78, 5) is 5.21. The van der Waals surface area contributed by atoms with Crippen LogP contribution in [0.4, 0.5) is 0 Å². The maximum absolute atomic E-state index is 6.43. The van der Waals surface area contributed by atoms with Gasteiger partial charge in [-0.1, -0.05) is 121 Å². The van der Waals surface area contributed by atoms with Crippen molar-refractivity contribution in [3.05, 3.63) is 188 Å². The van der Waals surface area contributed by atoms with E-state index in [1.54, 1.807) is 0 Å². The number of furan rings is 1. The Hall–Kier alpha value is -7.17. The van der Waals surface area contributed by atoms with Gasteiger partial charge in [0.1, 0.15) is 17.0 Å². The first kappa shape index (κ1) is 29.5. The van der Waals surface area contributed by atoms with Crippen molar-refractivity contribution in [3.63, 3.8) is 0 Å². The van der Waals surface area contributed by atoms with Crippen molar-refractivity contribution in [2.45, 2.75) is 0 Å². The first-order valence-corrected chi connectivity index (χ1v) is 18.0. The van der Waals surface area contributed by atoms with Gasteiger partial charge in [0.25, 0.3) is 0 Å². The molecule has 0 saturated carbocycles. The summed E-state index contributed by atoms with van der Waals surface area (Å²) in [5.41, 5.74) is 14.0. The largest absolute Gasteiger partial charge is 0.455 e. The van der Waals surface area contributed by atoms with Crippen molar-refractivity contribution in [3.8, 4) is 45.0 Å². The van der Waals surface area contributed by atoms with Crippen molar-refractivity contribution < 1.29 is 4.42 Å². The average Bonchev–Trinajstić information content (AvgIpc) is 3.91. The summed E-state index contributed by atoms with van der Waals surface area (Å²) in [7, 11) is 0. The summed E-state index contributed by atoms with van der Waals surface area (Å²) in [6.07, 6.45) is 0. The van der Waals surface area contributed by atoms with Gasteiger partial charge in [-0.2, -0.15) is 0 Å². The van der Waals surface area contributed by atoms with Gasteiger partial charge >= 0.3 is 0 Å². The molecule has 3 heterocycles. The molecule has 0 aliphatic rings. The molecule has 0 saturated heterocycles. The molecular formula is C49H31N3O. The van der Waals surface area contributed by atoms with Gasteiger partial charge < -0.3 is 8.98 Å². The van der Waals surface area contributed by atoms with E-state index in [-0.39, 0.29) is 0 Å². The molecule has 4 nitrogen and oxygen atoms in total. The molecule has 4 heteroatoms. The summed E-state index contributed by atoms with van der Waals surface area (Å²) in [6, 6.07) is 66.6. The van der Waals surface area contributed by atoms with E-state index >= 15 is 0 Å². The first-order chi connectivity index (χ1) is 26.3. The van der Waals surface area contributed by atoms with Crippen molar-refractivity contribution >= 4 is 54.8 Å². The first-order valence-electron chi connectivity index (χ1n) is 18.0. The van der Waals surface area contributed by atoms with E-state index in [1.807, 2.05) is 12.1 Å². The molecule has 0 amide bonds. The monoisotopic (exact) mass is 677 g/mol. The third-order valence-electron chi connectivity index (χ3n) is 10.6. The second-order valence-corrected chi connectivity index (χ2v) is 13.6. The molecule has 0 bridgehead atoms. The van der Waals surface area contributed by atoms with Gasteiger partial charge in [-0.15, -0.1) is 0 Å². The topological polar surface area (TPSA) is 35.9 Å². The molecule has 0 N–H and O–H groups in total. The summed E-state index contributed by atoms with van der Waals surface area (Å²) >= 11 is 0. The Balaban J connectivity index is 1.05. The van der Waals surface area contributed by atoms with Crippen LogP contribution < -0.4 is 0 Å². The van der Waals surface area contributed by atoms with Crippen LogP contribution in [0.15, 0.2) is 192 Å². The highest BCUT2D eigenvalue weighted by Crippen LogP contribution is 2.40. The zero-order valence-corrected chi connectivity index (χ0v) is 28.6. The van der Waals surface area contributed by atoms with E-state index in [0.29, 0.717) is 0 Å². The van der Waals surface area contributed by atoms with Crippen LogP contribution in [0.2, 0.25) is 0 Å². The van der Waals surface area contributed by atoms with Crippen molar-refractivity contribution in [2.24, 2.45) is 0 Å². The Kier molecular flexibility index (Phi) is 6.52. The molecule has 8 aromatic carbocycles. The summed E-state index contributed by atoms with van der Waals surface area (Å²) < 4.78 is 11.1. The number of fused-ring (bicyclic) bond motifs is 7. The molecular weight excluding hydrogens is 647 g/mol. The molecule has 3 aromatic heterocycles. The number of rotatable bonds is 5. The molecule has 0 aliphatic heterocycles. The lowest BCUT2D eigenvalue weighted by Gasteiger charge is -2.15. The predicted molar refractivity (Wildman–Crippen MR) is 219 cm³/mol. The van der Waals surface area contributed by atoms with Gasteiger partial charge in [0.2, 0.25) is 0 Å². The molecule has 0 atom stereocenters. The Labute approximate surface area is 305 Å². The van der Waals surface area contributed by atoms with Crippen LogP contribution in [0.1, 0.15) is 0 Å². The third kappa shape index (κ3) is 4.59. The second kappa shape index (κ2) is 11.7. The van der Waals surface area contributed by atoms with Crippen LogP contribution in [0, 0.1) is 0 Å². The molecule has 0 unspecified atom stereocenters. The second-order valence-electron chi connectivity index (χ2n) is 13.6. The van der Waals surface area contributed by atoms with Crippen molar-refractivity contribution in [1.29, 1.82) is 0 Å². The molecule has 0 fully saturated rings. The van der Waals surface area contributed by atoms with Gasteiger partial charge in [0.05, 0.1) is 27.8 Å². The van der Waals surface area contributed by atoms with Crippen LogP contribution in [-0.4, -0.2) is 14.1 Å². The Morgan fingerprint density at radius 2 is 1.06 bits per heavy atom. The smallest absolute Gasteiger partial charge is 0.145 e. The third-order valence-corrected chi connectivity index (χ3v) is 10.6. The van der Waals surface area contributed by atoms with E-state index in [2.05, 4.69) is 185 Å². The molecule has 0 aliphatic carbocycles. The van der Waals surface area contributed by atoms with Gasteiger partial charge in [0, 0.05) is 43.9 Å². The highest BCUT2D eigenvalue weighted by Gasteiger charge is 2.19. The SMILES string of the molecule is c1ccc(-c2ccccc2-n2c(-c3ccc(-n4c5ccccc5c5cc(-c6cccc7c6oc6ccccc67)ccc54)cc3)nc3ccccc32)cc1. The maximum atomic E-state index is 6.43. The number of nitrogens with zero attached hydrogens (tertiary/aromatic N) is 3. The minimum absolute atomic E-state index is 0.909. The number of hydrogen-bond donors (Lipinski definition) is 0. The maximum Gasteiger partial charge on any atom is 0.145 e. The van der Waals surface area contributed by atoms with E-state index in [1.165, 1.54) is 21.9 Å². The van der Waals surface area contributed by atoms with Crippen LogP contribution in [0.3, 0.4) is 0 Å². The van der Waals surface area contributed by atoms with Crippen LogP contribution >= 0.6 is 0 Å². The van der Waals surface area contributed by atoms with Gasteiger partial charge in [0.15, 0.2) is 0 Å². The van der Waals surface area contributed by atoms with Gasteiger partial charge in [-0.25, -0.2) is 4.98 Å². The highest BCUT2D eigenvalue weighted by atomic mass is 16.3. The molecule has 11 aromatic rings. The van der Waals surface area contributed by atoms with E-state index in [9.17, 15) is 0 Å². The Morgan fingerprint density at radius 1 is 0.396 bits per heavy atom. The number of para-hydroxylation sites is 6. The Morgan fingerprint density at radius 3 is 1.94 bits per heavy atom. The lowest BCUT2D eigenvalue weighted by molar-refractivity contribution is 0.670. The lowest BCUT2D eigenvalue weighted by atomic mass is 10.0. The van der Waals surface area contributed by atoms with Crippen molar-refractivity contribution in [2.75, 3.05) is 0 Å². The van der Waals surface area contributed by atoms with Gasteiger partial charge in [-0.05, 0) is 77.9 Å². The fourth-order valence-corrected chi connectivity index (χ4v) is 8.15. The predicted octanol–water partition coefficient (Wildman–Crippen LogP) is 13.0. The number of hydrogen-bond acceptors (Lipinski definition) is 2. The van der Waals surface area contributed by atoms with Crippen LogP contribution in [0.5, 0.6) is 0 Å². The standard InChI is InChI=1S/C49H31N3O/c1-2-13-32(14-3-1)36-15-4-8-21-43(36)52-46-23-10-7-20-42(46)50-49(52)33-25-28-35(29-26-33)51-44-22-9-5-16-38(44)41-31-34(27-30-45(41)51)37-18-12-19-40-39-17-6-11-24-47(39)53-48(37)40/h1-31H. The van der Waals surface area contributed by atoms with Crippen LogP contribution in [0.25, 0.3) is 99.8 Å². The fourth-order valence-electron chi connectivity index (χ4n) is 8.15. The normalized spacial score (nSPS) is 11.8. The minimum atomic E-state index is 0.909. The molecule has 53 heavy (non-hydrogen) atoms. The molecule has 11 rings (SSSR count). The number of imidazole rings is 1. The fraction of sp³-hybridized carbons (Fsp3) is 0. The number of benzene rings is 8. The average molecular weight is 678 g/mol.